The second-order valence-electron chi connectivity index (χ2n) is 9.92. The van der Waals surface area contributed by atoms with Gasteiger partial charge in [-0.05, 0) is 55.5 Å². The Kier molecular flexibility index (Phi) is 6.55. The summed E-state index contributed by atoms with van der Waals surface area (Å²) in [5, 5.41) is 18.8. The van der Waals surface area contributed by atoms with E-state index >= 15 is 0 Å². The zero-order valence-electron chi connectivity index (χ0n) is 20.3. The van der Waals surface area contributed by atoms with Gasteiger partial charge < -0.3 is 20.5 Å². The molecule has 2 fully saturated rings. The summed E-state index contributed by atoms with van der Waals surface area (Å²) in [6.45, 7) is 1.31. The first-order valence-electron chi connectivity index (χ1n) is 12.6. The van der Waals surface area contributed by atoms with E-state index in [-0.39, 0.29) is 5.91 Å². The molecule has 0 radical (unpaired) electrons. The van der Waals surface area contributed by atoms with Gasteiger partial charge in [0.15, 0.2) is 0 Å². The number of anilines is 1. The predicted octanol–water partition coefficient (Wildman–Crippen LogP) is 3.50. The molecule has 5 heterocycles. The molecular formula is C27H31N5O3S. The number of rotatable bonds is 7. The van der Waals surface area contributed by atoms with Crippen molar-refractivity contribution in [2.75, 3.05) is 24.7 Å². The SMILES string of the molecule is COc1cnc2cccc(C(O)CN3C4CCC3CC(NCc3ccc5c(n3)NC(=O)CS5)C4)c2c1. The zero-order valence-corrected chi connectivity index (χ0v) is 21.1. The number of fused-ring (bicyclic) bond motifs is 4. The third kappa shape index (κ3) is 4.68. The van der Waals surface area contributed by atoms with Crippen molar-refractivity contribution in [3.63, 3.8) is 0 Å². The monoisotopic (exact) mass is 505 g/mol. The summed E-state index contributed by atoms with van der Waals surface area (Å²) in [5.74, 6) is 1.84. The summed E-state index contributed by atoms with van der Waals surface area (Å²) < 4.78 is 5.36. The summed E-state index contributed by atoms with van der Waals surface area (Å²) in [7, 11) is 1.64. The van der Waals surface area contributed by atoms with Crippen LogP contribution < -0.4 is 15.4 Å². The van der Waals surface area contributed by atoms with Gasteiger partial charge in [-0.15, -0.1) is 11.8 Å². The molecular weight excluding hydrogens is 474 g/mol. The van der Waals surface area contributed by atoms with Crippen molar-refractivity contribution >= 4 is 34.4 Å². The molecule has 3 atom stereocenters. The Morgan fingerprint density at radius 3 is 2.89 bits per heavy atom. The first kappa shape index (κ1) is 23.7. The number of amides is 1. The summed E-state index contributed by atoms with van der Waals surface area (Å²) in [5.41, 5.74) is 2.72. The fourth-order valence-electron chi connectivity index (χ4n) is 5.94. The number of aliphatic hydroxyl groups is 1. The second-order valence-corrected chi connectivity index (χ2v) is 10.9. The largest absolute Gasteiger partial charge is 0.495 e. The van der Waals surface area contributed by atoms with E-state index in [4.69, 9.17) is 4.74 Å². The van der Waals surface area contributed by atoms with E-state index in [9.17, 15) is 9.90 Å². The van der Waals surface area contributed by atoms with Gasteiger partial charge in [0.05, 0.1) is 41.3 Å². The minimum Gasteiger partial charge on any atom is -0.495 e. The van der Waals surface area contributed by atoms with Crippen LogP contribution >= 0.6 is 11.8 Å². The molecule has 3 N–H and O–H groups in total. The van der Waals surface area contributed by atoms with Crippen molar-refractivity contribution in [2.24, 2.45) is 0 Å². The van der Waals surface area contributed by atoms with Crippen LogP contribution in [0.4, 0.5) is 5.82 Å². The van der Waals surface area contributed by atoms with E-state index in [1.54, 1.807) is 13.3 Å². The van der Waals surface area contributed by atoms with Crippen molar-refractivity contribution in [3.05, 3.63) is 53.9 Å². The second kappa shape index (κ2) is 9.97. The van der Waals surface area contributed by atoms with Crippen LogP contribution in [0.3, 0.4) is 0 Å². The van der Waals surface area contributed by atoms with E-state index in [2.05, 4.69) is 31.6 Å². The highest BCUT2D eigenvalue weighted by Crippen LogP contribution is 2.38. The van der Waals surface area contributed by atoms with Gasteiger partial charge in [0.25, 0.3) is 0 Å². The summed E-state index contributed by atoms with van der Waals surface area (Å²) in [6, 6.07) is 13.3. The minimum atomic E-state index is -0.581. The molecule has 3 aliphatic rings. The molecule has 3 aliphatic heterocycles. The van der Waals surface area contributed by atoms with E-state index in [1.165, 1.54) is 24.6 Å². The first-order chi connectivity index (χ1) is 17.6. The molecule has 1 aromatic carbocycles. The molecule has 9 heteroatoms. The predicted molar refractivity (Wildman–Crippen MR) is 140 cm³/mol. The third-order valence-corrected chi connectivity index (χ3v) is 8.75. The molecule has 188 valence electrons. The van der Waals surface area contributed by atoms with Crippen molar-refractivity contribution in [1.82, 2.24) is 20.2 Å². The average Bonchev–Trinajstić information content (AvgIpc) is 3.12. The lowest BCUT2D eigenvalue weighted by Gasteiger charge is -2.40. The molecule has 2 saturated heterocycles. The van der Waals surface area contributed by atoms with Crippen molar-refractivity contribution in [2.45, 2.75) is 61.4 Å². The molecule has 0 saturated carbocycles. The molecule has 2 bridgehead atoms. The number of pyridine rings is 2. The lowest BCUT2D eigenvalue weighted by atomic mass is 9.95. The highest BCUT2D eigenvalue weighted by atomic mass is 32.2. The summed E-state index contributed by atoms with van der Waals surface area (Å²) in [6.07, 6.45) is 5.59. The van der Waals surface area contributed by atoms with Crippen LogP contribution in [0, 0.1) is 0 Å². The molecule has 0 aliphatic carbocycles. The first-order valence-corrected chi connectivity index (χ1v) is 13.6. The number of hydrogen-bond acceptors (Lipinski definition) is 8. The maximum Gasteiger partial charge on any atom is 0.235 e. The lowest BCUT2D eigenvalue weighted by molar-refractivity contribution is -0.113. The van der Waals surface area contributed by atoms with E-state index < -0.39 is 6.10 Å². The maximum atomic E-state index is 11.7. The van der Waals surface area contributed by atoms with Crippen LogP contribution in [-0.4, -0.2) is 63.4 Å². The maximum absolute atomic E-state index is 11.7. The number of piperidine rings is 1. The van der Waals surface area contributed by atoms with E-state index in [0.29, 0.717) is 48.5 Å². The number of nitrogens with zero attached hydrogens (tertiary/aromatic N) is 3. The quantitative estimate of drug-likeness (QED) is 0.449. The number of nitrogens with one attached hydrogen (secondary N) is 2. The van der Waals surface area contributed by atoms with Crippen LogP contribution in [0.25, 0.3) is 10.9 Å². The molecule has 1 amide bonds. The lowest BCUT2D eigenvalue weighted by Crippen LogP contribution is -2.50. The molecule has 3 aromatic rings. The highest BCUT2D eigenvalue weighted by Gasteiger charge is 2.41. The molecule has 36 heavy (non-hydrogen) atoms. The van der Waals surface area contributed by atoms with Gasteiger partial charge in [0.1, 0.15) is 11.6 Å². The van der Waals surface area contributed by atoms with Gasteiger partial charge in [0.2, 0.25) is 5.91 Å². The Bertz CT molecular complexity index is 1270. The van der Waals surface area contributed by atoms with Gasteiger partial charge in [-0.25, -0.2) is 4.98 Å². The number of methoxy groups -OCH3 is 1. The number of thioether (sulfide) groups is 1. The van der Waals surface area contributed by atoms with Crippen LogP contribution in [-0.2, 0) is 11.3 Å². The molecule has 0 spiro atoms. The highest BCUT2D eigenvalue weighted by molar-refractivity contribution is 8.00. The van der Waals surface area contributed by atoms with Crippen LogP contribution in [0.5, 0.6) is 5.75 Å². The van der Waals surface area contributed by atoms with Crippen molar-refractivity contribution < 1.29 is 14.6 Å². The number of ether oxygens (including phenoxy) is 1. The number of carbonyl (C=O) groups is 1. The standard InChI is InChI=1S/C27H31N5O3S/c1-35-20-11-22-21(3-2-4-23(22)29-13-20)24(33)14-32-18-6-7-19(32)10-17(9-18)28-12-16-5-8-25-27(30-16)31-26(34)15-36-25/h2-5,8,11,13,17-19,24,28,33H,6-7,9-10,12,14-15H2,1H3,(H,30,31,34). The fourth-order valence-corrected chi connectivity index (χ4v) is 6.70. The number of carbonyl (C=O) groups excluding carboxylic acids is 1. The Labute approximate surface area is 214 Å². The van der Waals surface area contributed by atoms with Gasteiger partial charge in [-0.2, -0.15) is 0 Å². The zero-order chi connectivity index (χ0) is 24.6. The Morgan fingerprint density at radius 2 is 2.08 bits per heavy atom. The van der Waals surface area contributed by atoms with Gasteiger partial charge >= 0.3 is 0 Å². The van der Waals surface area contributed by atoms with Crippen molar-refractivity contribution in [1.29, 1.82) is 0 Å². The summed E-state index contributed by atoms with van der Waals surface area (Å²) >= 11 is 1.54. The number of aliphatic hydroxyl groups excluding tert-OH is 1. The van der Waals surface area contributed by atoms with Crippen LogP contribution in [0.2, 0.25) is 0 Å². The van der Waals surface area contributed by atoms with Crippen LogP contribution in [0.1, 0.15) is 43.0 Å². The Morgan fingerprint density at radius 1 is 1.25 bits per heavy atom. The van der Waals surface area contributed by atoms with Crippen molar-refractivity contribution in [3.8, 4) is 5.75 Å². The summed E-state index contributed by atoms with van der Waals surface area (Å²) in [4.78, 5) is 24.4. The number of hydrogen-bond donors (Lipinski definition) is 3. The van der Waals surface area contributed by atoms with E-state index in [1.807, 2.05) is 30.3 Å². The third-order valence-electron chi connectivity index (χ3n) is 7.70. The smallest absolute Gasteiger partial charge is 0.235 e. The average molecular weight is 506 g/mol. The Balaban J connectivity index is 1.09. The molecule has 3 unspecified atom stereocenters. The Hall–Kier alpha value is -2.72. The number of benzene rings is 1. The molecule has 6 rings (SSSR count). The van der Waals surface area contributed by atoms with Gasteiger partial charge in [0, 0.05) is 36.6 Å². The van der Waals surface area contributed by atoms with E-state index in [0.717, 1.165) is 39.9 Å². The number of aromatic nitrogens is 2. The van der Waals surface area contributed by atoms with Gasteiger partial charge in [-0.1, -0.05) is 12.1 Å². The molecule has 2 aromatic heterocycles. The van der Waals surface area contributed by atoms with Crippen LogP contribution in [0.15, 0.2) is 47.5 Å². The van der Waals surface area contributed by atoms with Gasteiger partial charge in [-0.3, -0.25) is 14.7 Å². The fraction of sp³-hybridized carbons (Fsp3) is 0.444. The normalized spacial score (nSPS) is 24.4. The minimum absolute atomic E-state index is 0.00939. The topological polar surface area (TPSA) is 99.6 Å². The molecule has 8 nitrogen and oxygen atoms in total.